The molecule has 3 aliphatic heterocycles. The van der Waals surface area contributed by atoms with Crippen LogP contribution in [0.15, 0.2) is 36.9 Å². The quantitative estimate of drug-likeness (QED) is 0.424. The number of likely N-dealkylation sites (tertiary alicyclic amines) is 1. The monoisotopic (exact) mass is 512 g/mol. The smallest absolute Gasteiger partial charge is 0.310 e. The molecule has 2 amide bonds. The van der Waals surface area contributed by atoms with Gasteiger partial charge >= 0.3 is 5.97 Å². The zero-order valence-electron chi connectivity index (χ0n) is 16.5. The number of aliphatic hydroxyl groups excluding tert-OH is 1. The van der Waals surface area contributed by atoms with E-state index in [-0.39, 0.29) is 24.5 Å². The first-order chi connectivity index (χ1) is 14.8. The number of anilines is 1. The van der Waals surface area contributed by atoms with Gasteiger partial charge in [-0.3, -0.25) is 14.4 Å². The first-order valence-corrected chi connectivity index (χ1v) is 11.2. The maximum Gasteiger partial charge on any atom is 0.310 e. The second-order valence-corrected chi connectivity index (χ2v) is 9.53. The number of rotatable bonds is 7. The summed E-state index contributed by atoms with van der Waals surface area (Å²) in [5.74, 6) is -4.15. The number of ether oxygens (including phenoxy) is 1. The average molecular weight is 514 g/mol. The number of alkyl halides is 1. The number of amides is 2. The van der Waals surface area contributed by atoms with Crippen LogP contribution < -0.4 is 4.90 Å². The molecule has 0 aromatic heterocycles. The molecule has 6 atom stereocenters. The van der Waals surface area contributed by atoms with Gasteiger partial charge in [0, 0.05) is 17.9 Å². The number of aliphatic hydroxyl groups is 1. The number of fused-ring (bicyclic) bond motifs is 1. The van der Waals surface area contributed by atoms with Gasteiger partial charge in [0.05, 0.1) is 35.3 Å². The van der Waals surface area contributed by atoms with E-state index in [9.17, 15) is 24.6 Å². The third kappa shape index (κ3) is 3.21. The number of carboxylic acid groups (broad SMARTS) is 1. The molecular formula is C21H22BrClN2O6. The third-order valence-electron chi connectivity index (χ3n) is 6.37. The van der Waals surface area contributed by atoms with E-state index >= 15 is 0 Å². The van der Waals surface area contributed by atoms with Crippen molar-refractivity contribution in [3.63, 3.8) is 0 Å². The fraction of sp³-hybridized carbons (Fsp3) is 0.476. The second-order valence-electron chi connectivity index (χ2n) is 7.95. The third-order valence-corrected chi connectivity index (χ3v) is 7.53. The van der Waals surface area contributed by atoms with Crippen molar-refractivity contribution in [1.29, 1.82) is 0 Å². The van der Waals surface area contributed by atoms with Crippen molar-refractivity contribution in [3.05, 3.63) is 41.9 Å². The SMILES string of the molecule is C=CCN(C(=O)[C@H]1N(CCO)C(=O)[C@@H]2[C@@H](C(=O)O)[C@@H]3O[C@@]21CC3Br)c1ccccc1Cl. The number of aliphatic carboxylic acids is 1. The molecule has 3 fully saturated rings. The average Bonchev–Trinajstić information content (AvgIpc) is 3.31. The van der Waals surface area contributed by atoms with Crippen LogP contribution in [0.3, 0.4) is 0 Å². The van der Waals surface area contributed by atoms with Gasteiger partial charge in [-0.05, 0) is 18.6 Å². The Labute approximate surface area is 192 Å². The lowest BCUT2D eigenvalue weighted by atomic mass is 9.70. The van der Waals surface area contributed by atoms with Gasteiger partial charge in [0.1, 0.15) is 11.6 Å². The topological polar surface area (TPSA) is 107 Å². The summed E-state index contributed by atoms with van der Waals surface area (Å²) in [5.41, 5.74) is -0.852. The van der Waals surface area contributed by atoms with Crippen molar-refractivity contribution in [2.45, 2.75) is 29.0 Å². The summed E-state index contributed by atoms with van der Waals surface area (Å²) in [6.07, 6.45) is 1.14. The molecule has 3 aliphatic rings. The number of benzene rings is 1. The lowest BCUT2D eigenvalue weighted by Crippen LogP contribution is -2.57. The molecule has 3 heterocycles. The summed E-state index contributed by atoms with van der Waals surface area (Å²) >= 11 is 9.83. The van der Waals surface area contributed by atoms with Crippen LogP contribution in [-0.2, 0) is 19.1 Å². The zero-order valence-corrected chi connectivity index (χ0v) is 18.8. The van der Waals surface area contributed by atoms with Crippen LogP contribution in [0.2, 0.25) is 5.02 Å². The fourth-order valence-corrected chi connectivity index (χ4v) is 6.47. The second kappa shape index (κ2) is 8.20. The molecule has 4 rings (SSSR count). The molecule has 0 aliphatic carbocycles. The minimum Gasteiger partial charge on any atom is -0.481 e. The highest BCUT2D eigenvalue weighted by Crippen LogP contribution is 2.60. The van der Waals surface area contributed by atoms with E-state index in [1.165, 1.54) is 9.80 Å². The highest BCUT2D eigenvalue weighted by atomic mass is 79.9. The summed E-state index contributed by atoms with van der Waals surface area (Å²) in [6.45, 7) is 3.37. The molecule has 3 saturated heterocycles. The number of para-hydroxylation sites is 1. The number of carbonyl (C=O) groups is 3. The van der Waals surface area contributed by atoms with Gasteiger partial charge in [0.25, 0.3) is 5.91 Å². The molecule has 31 heavy (non-hydrogen) atoms. The standard InChI is InChI=1S/C21H22BrClN2O6/c1-2-7-24(13-6-4-3-5-12(13)23)19(28)17-21-10-11(22)16(31-21)14(20(29)30)15(21)18(27)25(17)8-9-26/h2-6,11,14-17,26H,1,7-10H2,(H,29,30)/t11?,14-,15+,16-,17-,21+/m1/s1. The summed E-state index contributed by atoms with van der Waals surface area (Å²) in [5, 5.41) is 19.7. The van der Waals surface area contributed by atoms with Crippen LogP contribution in [0.5, 0.6) is 0 Å². The van der Waals surface area contributed by atoms with Crippen LogP contribution in [0, 0.1) is 11.8 Å². The highest BCUT2D eigenvalue weighted by Gasteiger charge is 2.76. The normalized spacial score (nSPS) is 33.5. The number of halogens is 2. The maximum absolute atomic E-state index is 13.9. The van der Waals surface area contributed by atoms with Crippen LogP contribution >= 0.6 is 27.5 Å². The summed E-state index contributed by atoms with van der Waals surface area (Å²) in [4.78, 5) is 41.6. The van der Waals surface area contributed by atoms with E-state index in [1.54, 1.807) is 30.3 Å². The number of nitrogens with zero attached hydrogens (tertiary/aromatic N) is 2. The van der Waals surface area contributed by atoms with Crippen LogP contribution in [0.25, 0.3) is 0 Å². The number of β-amino-alcohol motifs (C(OH)–C–C–N with tert-alkyl or cyclic N) is 1. The molecule has 8 nitrogen and oxygen atoms in total. The van der Waals surface area contributed by atoms with E-state index in [1.807, 2.05) is 0 Å². The van der Waals surface area contributed by atoms with Gasteiger partial charge < -0.3 is 24.7 Å². The highest BCUT2D eigenvalue weighted by molar-refractivity contribution is 9.09. The summed E-state index contributed by atoms with van der Waals surface area (Å²) in [6, 6.07) is 5.72. The summed E-state index contributed by atoms with van der Waals surface area (Å²) < 4.78 is 6.17. The lowest BCUT2D eigenvalue weighted by molar-refractivity contribution is -0.149. The molecule has 10 heteroatoms. The fourth-order valence-electron chi connectivity index (χ4n) is 5.29. The van der Waals surface area contributed by atoms with E-state index in [4.69, 9.17) is 16.3 Å². The van der Waals surface area contributed by atoms with E-state index in [0.29, 0.717) is 17.1 Å². The van der Waals surface area contributed by atoms with Crippen molar-refractivity contribution < 1.29 is 29.3 Å². The summed E-state index contributed by atoms with van der Waals surface area (Å²) in [7, 11) is 0. The molecule has 1 unspecified atom stereocenters. The van der Waals surface area contributed by atoms with Gasteiger partial charge in [0.2, 0.25) is 5.91 Å². The molecule has 0 saturated carbocycles. The maximum atomic E-state index is 13.9. The first-order valence-electron chi connectivity index (χ1n) is 9.91. The lowest BCUT2D eigenvalue weighted by Gasteiger charge is -2.37. The van der Waals surface area contributed by atoms with Crippen LogP contribution in [0.4, 0.5) is 5.69 Å². The number of hydrogen-bond acceptors (Lipinski definition) is 5. The Morgan fingerprint density at radius 1 is 1.42 bits per heavy atom. The minimum atomic E-state index is -1.30. The number of carboxylic acids is 1. The Morgan fingerprint density at radius 3 is 2.74 bits per heavy atom. The molecule has 1 spiro atoms. The minimum absolute atomic E-state index is 0.106. The number of hydrogen-bond donors (Lipinski definition) is 2. The van der Waals surface area contributed by atoms with Gasteiger partial charge in [-0.25, -0.2) is 0 Å². The molecular weight excluding hydrogens is 492 g/mol. The van der Waals surface area contributed by atoms with Gasteiger partial charge in [0.15, 0.2) is 0 Å². The van der Waals surface area contributed by atoms with Crippen molar-refractivity contribution in [2.75, 3.05) is 24.6 Å². The number of carbonyl (C=O) groups excluding carboxylic acids is 2. The van der Waals surface area contributed by atoms with E-state index in [0.717, 1.165) is 0 Å². The predicted octanol–water partition coefficient (Wildman–Crippen LogP) is 1.68. The molecule has 1 aromatic carbocycles. The Hall–Kier alpha value is -1.94. The molecule has 166 valence electrons. The van der Waals surface area contributed by atoms with Crippen LogP contribution in [0.1, 0.15) is 6.42 Å². The largest absolute Gasteiger partial charge is 0.481 e. The van der Waals surface area contributed by atoms with Crippen molar-refractivity contribution in [2.24, 2.45) is 11.8 Å². The molecule has 2 N–H and O–H groups in total. The Bertz CT molecular complexity index is 944. The van der Waals surface area contributed by atoms with Gasteiger partial charge in [-0.15, -0.1) is 6.58 Å². The molecule has 2 bridgehead atoms. The van der Waals surface area contributed by atoms with Crippen molar-refractivity contribution in [3.8, 4) is 0 Å². The first kappa shape index (κ1) is 22.3. The Kier molecular flexibility index (Phi) is 5.89. The van der Waals surface area contributed by atoms with Gasteiger partial charge in [-0.2, -0.15) is 0 Å². The predicted molar refractivity (Wildman–Crippen MR) is 116 cm³/mol. The Balaban J connectivity index is 1.82. The van der Waals surface area contributed by atoms with E-state index < -0.39 is 47.4 Å². The molecule has 0 radical (unpaired) electrons. The van der Waals surface area contributed by atoms with Gasteiger partial charge in [-0.1, -0.05) is 45.7 Å². The zero-order chi connectivity index (χ0) is 22.5. The van der Waals surface area contributed by atoms with Crippen molar-refractivity contribution in [1.82, 2.24) is 4.90 Å². The Morgan fingerprint density at radius 2 is 2.13 bits per heavy atom. The van der Waals surface area contributed by atoms with E-state index in [2.05, 4.69) is 22.5 Å². The van der Waals surface area contributed by atoms with Crippen LogP contribution in [-0.4, -0.2) is 75.2 Å². The molecule has 1 aromatic rings. The van der Waals surface area contributed by atoms with Crippen molar-refractivity contribution >= 4 is 51.0 Å².